The van der Waals surface area contributed by atoms with Crippen LogP contribution in [0.2, 0.25) is 0 Å². The lowest BCUT2D eigenvalue weighted by molar-refractivity contribution is -0.147. The highest BCUT2D eigenvalue weighted by molar-refractivity contribution is 6.22. The SMILES string of the molecule is CN1CC=C(c2ccc(O)c3c2CC2CC4CC(=O)C(C(N)=O)=C(O)C4(O)C(=O)C2=C3O)CC1. The molecule has 178 valence electrons. The number of nitrogens with two attached hydrogens (primary N) is 1. The summed E-state index contributed by atoms with van der Waals surface area (Å²) in [7, 11) is 2.02. The van der Waals surface area contributed by atoms with Crippen LogP contribution in [-0.4, -0.2) is 68.5 Å². The van der Waals surface area contributed by atoms with Crippen molar-refractivity contribution in [2.45, 2.75) is 31.3 Å². The average molecular weight is 466 g/mol. The molecular formula is C25H26N2O7. The van der Waals surface area contributed by atoms with Crippen LogP contribution in [0.25, 0.3) is 11.3 Å². The number of aromatic hydroxyl groups is 1. The summed E-state index contributed by atoms with van der Waals surface area (Å²) in [5, 5.41) is 43.7. The number of nitrogens with zero attached hydrogens (tertiary/aromatic N) is 1. The fraction of sp³-hybridized carbons (Fsp3) is 0.400. The third-order valence-corrected chi connectivity index (χ3v) is 7.71. The molecule has 1 aromatic carbocycles. The van der Waals surface area contributed by atoms with E-state index in [2.05, 4.69) is 11.0 Å². The smallest absolute Gasteiger partial charge is 0.255 e. The van der Waals surface area contributed by atoms with Crippen molar-refractivity contribution < 1.29 is 34.8 Å². The second-order valence-electron chi connectivity index (χ2n) is 9.63. The van der Waals surface area contributed by atoms with E-state index in [1.165, 1.54) is 6.07 Å². The second-order valence-corrected chi connectivity index (χ2v) is 9.63. The fourth-order valence-electron chi connectivity index (χ4n) is 5.94. The molecule has 0 aromatic heterocycles. The highest BCUT2D eigenvalue weighted by atomic mass is 16.3. The van der Waals surface area contributed by atoms with Gasteiger partial charge in [-0.15, -0.1) is 0 Å². The maximum absolute atomic E-state index is 13.5. The van der Waals surface area contributed by atoms with Crippen LogP contribution in [0.3, 0.4) is 0 Å². The molecule has 9 heteroatoms. The Labute approximate surface area is 195 Å². The first kappa shape index (κ1) is 22.4. The van der Waals surface area contributed by atoms with Crippen LogP contribution in [0.4, 0.5) is 0 Å². The number of hydrogen-bond acceptors (Lipinski definition) is 8. The van der Waals surface area contributed by atoms with Gasteiger partial charge in [-0.25, -0.2) is 0 Å². The first-order chi connectivity index (χ1) is 16.1. The Bertz CT molecular complexity index is 1260. The van der Waals surface area contributed by atoms with Crippen molar-refractivity contribution in [1.29, 1.82) is 0 Å². The molecule has 3 aliphatic carbocycles. The monoisotopic (exact) mass is 466 g/mol. The van der Waals surface area contributed by atoms with E-state index in [1.54, 1.807) is 0 Å². The summed E-state index contributed by atoms with van der Waals surface area (Å²) in [4.78, 5) is 39.9. The molecule has 1 aliphatic heterocycles. The van der Waals surface area contributed by atoms with E-state index in [0.717, 1.165) is 30.6 Å². The Morgan fingerprint density at radius 3 is 2.56 bits per heavy atom. The molecule has 6 N–H and O–H groups in total. The van der Waals surface area contributed by atoms with Crippen molar-refractivity contribution in [3.8, 4) is 5.75 Å². The van der Waals surface area contributed by atoms with Gasteiger partial charge in [0.25, 0.3) is 5.91 Å². The van der Waals surface area contributed by atoms with Gasteiger partial charge in [0.2, 0.25) is 5.78 Å². The van der Waals surface area contributed by atoms with Crippen molar-refractivity contribution in [1.82, 2.24) is 4.90 Å². The number of aliphatic hydroxyl groups is 3. The zero-order valence-corrected chi connectivity index (χ0v) is 18.7. The molecule has 9 nitrogen and oxygen atoms in total. The van der Waals surface area contributed by atoms with Crippen molar-refractivity contribution >= 4 is 28.8 Å². The minimum atomic E-state index is -2.54. The topological polar surface area (TPSA) is 161 Å². The number of carbonyl (C=O) groups is 3. The minimum absolute atomic E-state index is 0.124. The van der Waals surface area contributed by atoms with Crippen molar-refractivity contribution in [3.63, 3.8) is 0 Å². The van der Waals surface area contributed by atoms with E-state index in [9.17, 15) is 34.8 Å². The second kappa shape index (κ2) is 7.54. The lowest BCUT2D eigenvalue weighted by Crippen LogP contribution is -2.58. The molecule has 0 bridgehead atoms. The Balaban J connectivity index is 1.67. The standard InChI is InChI=1S/C25H26N2O7/c1-27-6-4-11(5-7-27)14-2-3-16(28)19-15(14)9-12-8-13-10-17(29)20(24(26)33)23(32)25(13,34)22(31)18(12)21(19)30/h2-4,12-13,28,30,32,34H,5-10H2,1H3,(H2,26,33). The van der Waals surface area contributed by atoms with Crippen molar-refractivity contribution in [2.24, 2.45) is 17.6 Å². The van der Waals surface area contributed by atoms with E-state index in [4.69, 9.17) is 5.73 Å². The van der Waals surface area contributed by atoms with Crippen LogP contribution in [0.5, 0.6) is 5.75 Å². The van der Waals surface area contributed by atoms with Crippen LogP contribution in [0.1, 0.15) is 36.0 Å². The lowest BCUT2D eigenvalue weighted by Gasteiger charge is -2.46. The quantitative estimate of drug-likeness (QED) is 0.406. The molecule has 1 amide bonds. The highest BCUT2D eigenvalue weighted by Gasteiger charge is 2.60. The number of carbonyl (C=O) groups excluding carboxylic acids is 3. The molecule has 0 radical (unpaired) electrons. The molecule has 1 saturated carbocycles. The maximum atomic E-state index is 13.5. The number of amides is 1. The van der Waals surface area contributed by atoms with Gasteiger partial charge < -0.3 is 31.1 Å². The zero-order valence-electron chi connectivity index (χ0n) is 18.7. The molecule has 1 aromatic rings. The van der Waals surface area contributed by atoms with Gasteiger partial charge in [0.1, 0.15) is 22.8 Å². The van der Waals surface area contributed by atoms with Crippen LogP contribution in [0, 0.1) is 11.8 Å². The van der Waals surface area contributed by atoms with E-state index < -0.39 is 52.0 Å². The summed E-state index contributed by atoms with van der Waals surface area (Å²) >= 11 is 0. The summed E-state index contributed by atoms with van der Waals surface area (Å²) < 4.78 is 0. The summed E-state index contributed by atoms with van der Waals surface area (Å²) in [6.07, 6.45) is 3.00. The molecule has 34 heavy (non-hydrogen) atoms. The van der Waals surface area contributed by atoms with Gasteiger partial charge in [-0.05, 0) is 55.0 Å². The van der Waals surface area contributed by atoms with Gasteiger partial charge in [0, 0.05) is 31.0 Å². The third kappa shape index (κ3) is 2.97. The van der Waals surface area contributed by atoms with Crippen LogP contribution < -0.4 is 5.73 Å². The Hall–Kier alpha value is -3.43. The number of ketones is 2. The molecule has 4 aliphatic rings. The number of primary amides is 1. The number of benzene rings is 1. The molecule has 3 unspecified atom stereocenters. The number of hydrogen-bond donors (Lipinski definition) is 5. The van der Waals surface area contributed by atoms with Gasteiger partial charge in [-0.2, -0.15) is 0 Å². The van der Waals surface area contributed by atoms with Crippen molar-refractivity contribution in [3.05, 3.63) is 51.8 Å². The maximum Gasteiger partial charge on any atom is 0.255 e. The van der Waals surface area contributed by atoms with Gasteiger partial charge in [0.15, 0.2) is 11.4 Å². The summed E-state index contributed by atoms with van der Waals surface area (Å²) in [6.45, 7) is 1.63. The molecule has 3 atom stereocenters. The predicted octanol–water partition coefficient (Wildman–Crippen LogP) is 1.14. The minimum Gasteiger partial charge on any atom is -0.508 e. The number of fused-ring (bicyclic) bond motifs is 3. The zero-order chi connectivity index (χ0) is 24.5. The molecule has 0 spiro atoms. The highest BCUT2D eigenvalue weighted by Crippen LogP contribution is 2.52. The average Bonchev–Trinajstić information content (AvgIpc) is 2.77. The Morgan fingerprint density at radius 1 is 1.18 bits per heavy atom. The Kier molecular flexibility index (Phi) is 4.96. The van der Waals surface area contributed by atoms with E-state index in [1.807, 2.05) is 13.1 Å². The van der Waals surface area contributed by atoms with Gasteiger partial charge in [-0.3, -0.25) is 14.4 Å². The van der Waals surface area contributed by atoms with Gasteiger partial charge >= 0.3 is 0 Å². The van der Waals surface area contributed by atoms with E-state index in [-0.39, 0.29) is 29.7 Å². The number of aliphatic hydroxyl groups excluding tert-OH is 2. The van der Waals surface area contributed by atoms with E-state index >= 15 is 0 Å². The largest absolute Gasteiger partial charge is 0.508 e. The number of phenols is 1. The Morgan fingerprint density at radius 2 is 1.91 bits per heavy atom. The predicted molar refractivity (Wildman–Crippen MR) is 121 cm³/mol. The lowest BCUT2D eigenvalue weighted by atomic mass is 9.59. The summed E-state index contributed by atoms with van der Waals surface area (Å²) in [6, 6.07) is 3.28. The van der Waals surface area contributed by atoms with Crippen LogP contribution >= 0.6 is 0 Å². The number of phenolic OH excluding ortho intramolecular Hbond substituents is 1. The molecule has 0 saturated heterocycles. The van der Waals surface area contributed by atoms with Gasteiger partial charge in [-0.1, -0.05) is 12.1 Å². The van der Waals surface area contributed by atoms with Crippen molar-refractivity contribution in [2.75, 3.05) is 20.1 Å². The summed E-state index contributed by atoms with van der Waals surface area (Å²) in [5.41, 5.74) is 4.56. The van der Waals surface area contributed by atoms with Crippen LogP contribution in [-0.2, 0) is 20.8 Å². The first-order valence-corrected chi connectivity index (χ1v) is 11.3. The number of rotatable bonds is 2. The van der Waals surface area contributed by atoms with E-state index in [0.29, 0.717) is 12.0 Å². The van der Waals surface area contributed by atoms with Crippen LogP contribution in [0.15, 0.2) is 35.1 Å². The first-order valence-electron chi connectivity index (χ1n) is 11.3. The molecule has 1 fully saturated rings. The number of likely N-dealkylation sites (N-methyl/N-ethyl adjacent to an activating group) is 1. The molecule has 1 heterocycles. The summed E-state index contributed by atoms with van der Waals surface area (Å²) in [5.74, 6) is -6.17. The van der Waals surface area contributed by atoms with Gasteiger partial charge in [0.05, 0.1) is 5.56 Å². The fourth-order valence-corrected chi connectivity index (χ4v) is 5.94. The number of Topliss-reactive ketones (excluding diaryl/α,β-unsaturated/α-hetero) is 2. The normalized spacial score (nSPS) is 29.4. The molecular weight excluding hydrogens is 440 g/mol. The molecule has 5 rings (SSSR count). The third-order valence-electron chi connectivity index (χ3n) is 7.71.